The molecular formula is C17H20N4OS2. The molecule has 24 heavy (non-hydrogen) atoms. The van der Waals surface area contributed by atoms with Crippen molar-refractivity contribution in [1.82, 2.24) is 19.7 Å². The number of thioether (sulfide) groups is 1. The molecule has 3 aromatic rings. The minimum absolute atomic E-state index is 0.134. The smallest absolute Gasteiger partial charge is 0.253 e. The summed E-state index contributed by atoms with van der Waals surface area (Å²) in [4.78, 5) is 11.9. The van der Waals surface area contributed by atoms with E-state index in [1.165, 1.54) is 15.8 Å². The number of nitrogens with zero attached hydrogens (tertiary/aromatic N) is 4. The molecule has 7 heteroatoms. The molecule has 0 N–H and O–H groups in total. The fraction of sp³-hybridized carbons (Fsp3) is 0.471. The first-order valence-corrected chi connectivity index (χ1v) is 9.96. The molecule has 0 saturated heterocycles. The van der Waals surface area contributed by atoms with Crippen LogP contribution in [0.2, 0.25) is 0 Å². The molecule has 0 atom stereocenters. The van der Waals surface area contributed by atoms with Crippen LogP contribution in [0.1, 0.15) is 35.7 Å². The molecule has 3 aromatic heterocycles. The van der Waals surface area contributed by atoms with Crippen molar-refractivity contribution in [3.63, 3.8) is 0 Å². The van der Waals surface area contributed by atoms with Gasteiger partial charge in [0.1, 0.15) is 9.86 Å². The first-order valence-electron chi connectivity index (χ1n) is 7.92. The highest BCUT2D eigenvalue weighted by Crippen LogP contribution is 2.41. The van der Waals surface area contributed by atoms with E-state index in [-0.39, 0.29) is 5.60 Å². The van der Waals surface area contributed by atoms with Gasteiger partial charge in [0.2, 0.25) is 0 Å². The molecule has 1 aliphatic rings. The SMILES string of the molecule is CSc1nc(-n2nc(C)cc2C)nc2sc3c(c12)CC(C)(C)OC3. The second kappa shape index (κ2) is 5.54. The van der Waals surface area contributed by atoms with Crippen molar-refractivity contribution < 1.29 is 4.74 Å². The maximum atomic E-state index is 5.97. The summed E-state index contributed by atoms with van der Waals surface area (Å²) in [6.45, 7) is 8.96. The Kier molecular flexibility index (Phi) is 3.71. The lowest BCUT2D eigenvalue weighted by atomic mass is 9.95. The highest BCUT2D eigenvalue weighted by Gasteiger charge is 2.31. The predicted octanol–water partition coefficient (Wildman–Crippen LogP) is 4.07. The average molecular weight is 361 g/mol. The summed E-state index contributed by atoms with van der Waals surface area (Å²) in [6, 6.07) is 2.04. The molecule has 0 aromatic carbocycles. The monoisotopic (exact) mass is 360 g/mol. The van der Waals surface area contributed by atoms with E-state index in [1.54, 1.807) is 23.1 Å². The minimum Gasteiger partial charge on any atom is -0.370 e. The van der Waals surface area contributed by atoms with Gasteiger partial charge in [-0.3, -0.25) is 0 Å². The Balaban J connectivity index is 1.94. The third kappa shape index (κ3) is 2.55. The number of rotatable bonds is 2. The zero-order valence-corrected chi connectivity index (χ0v) is 16.1. The van der Waals surface area contributed by atoms with Gasteiger partial charge in [0.05, 0.1) is 17.9 Å². The van der Waals surface area contributed by atoms with Gasteiger partial charge in [0.25, 0.3) is 5.95 Å². The minimum atomic E-state index is -0.134. The van der Waals surface area contributed by atoms with Crippen LogP contribution in [0.4, 0.5) is 0 Å². The number of aromatic nitrogens is 4. The number of thiophene rings is 1. The Morgan fingerprint density at radius 1 is 1.29 bits per heavy atom. The van der Waals surface area contributed by atoms with E-state index < -0.39 is 0 Å². The van der Waals surface area contributed by atoms with Gasteiger partial charge in [-0.25, -0.2) is 9.67 Å². The molecule has 0 amide bonds. The molecule has 4 rings (SSSR count). The molecule has 4 heterocycles. The van der Waals surface area contributed by atoms with Crippen molar-refractivity contribution in [2.24, 2.45) is 0 Å². The van der Waals surface area contributed by atoms with Crippen LogP contribution in [0.15, 0.2) is 11.1 Å². The van der Waals surface area contributed by atoms with E-state index in [1.807, 2.05) is 24.6 Å². The van der Waals surface area contributed by atoms with Gasteiger partial charge >= 0.3 is 0 Å². The highest BCUT2D eigenvalue weighted by atomic mass is 32.2. The largest absolute Gasteiger partial charge is 0.370 e. The van der Waals surface area contributed by atoms with E-state index >= 15 is 0 Å². The van der Waals surface area contributed by atoms with Gasteiger partial charge in [0, 0.05) is 22.4 Å². The van der Waals surface area contributed by atoms with Crippen molar-refractivity contribution in [1.29, 1.82) is 0 Å². The van der Waals surface area contributed by atoms with Gasteiger partial charge in [-0.15, -0.1) is 23.1 Å². The van der Waals surface area contributed by atoms with E-state index in [0.717, 1.165) is 27.7 Å². The molecule has 0 bridgehead atoms. The summed E-state index contributed by atoms with van der Waals surface area (Å²) >= 11 is 3.39. The molecule has 0 radical (unpaired) electrons. The zero-order chi connectivity index (χ0) is 17.1. The Labute approximate surface area is 149 Å². The summed E-state index contributed by atoms with van der Waals surface area (Å²) in [7, 11) is 0. The van der Waals surface area contributed by atoms with Gasteiger partial charge < -0.3 is 4.74 Å². The van der Waals surface area contributed by atoms with Crippen molar-refractivity contribution in [3.05, 3.63) is 27.9 Å². The van der Waals surface area contributed by atoms with Crippen molar-refractivity contribution in [2.45, 2.75) is 51.3 Å². The van der Waals surface area contributed by atoms with Gasteiger partial charge in [-0.05, 0) is 45.6 Å². The average Bonchev–Trinajstić information content (AvgIpc) is 3.04. The van der Waals surface area contributed by atoms with Crippen molar-refractivity contribution in [2.75, 3.05) is 6.26 Å². The standard InChI is InChI=1S/C17H20N4OS2/c1-9-6-10(2)21(20-9)16-18-14(23-5)13-11-7-17(3,4)22-8-12(11)24-15(13)19-16/h6H,7-8H2,1-5H3. The molecule has 0 aliphatic carbocycles. The maximum Gasteiger partial charge on any atom is 0.253 e. The number of fused-ring (bicyclic) bond motifs is 3. The Bertz CT molecular complexity index is 942. The number of aryl methyl sites for hydroxylation is 2. The normalized spacial score (nSPS) is 16.5. The van der Waals surface area contributed by atoms with Crippen LogP contribution < -0.4 is 0 Å². The molecular weight excluding hydrogens is 340 g/mol. The van der Waals surface area contributed by atoms with E-state index in [9.17, 15) is 0 Å². The van der Waals surface area contributed by atoms with E-state index in [4.69, 9.17) is 14.7 Å². The Hall–Kier alpha value is -1.44. The lowest BCUT2D eigenvalue weighted by molar-refractivity contribution is -0.0379. The third-order valence-electron chi connectivity index (χ3n) is 4.28. The maximum absolute atomic E-state index is 5.97. The quantitative estimate of drug-likeness (QED) is 0.509. The lowest BCUT2D eigenvalue weighted by Gasteiger charge is -2.30. The van der Waals surface area contributed by atoms with Crippen LogP contribution in [0.3, 0.4) is 0 Å². The van der Waals surface area contributed by atoms with Crippen molar-refractivity contribution in [3.8, 4) is 5.95 Å². The van der Waals surface area contributed by atoms with Gasteiger partial charge in [-0.2, -0.15) is 10.1 Å². The predicted molar refractivity (Wildman–Crippen MR) is 98.4 cm³/mol. The van der Waals surface area contributed by atoms with Crippen LogP contribution in [-0.4, -0.2) is 31.6 Å². The topological polar surface area (TPSA) is 52.8 Å². The molecule has 0 unspecified atom stereocenters. The Morgan fingerprint density at radius 3 is 2.75 bits per heavy atom. The molecule has 5 nitrogen and oxygen atoms in total. The highest BCUT2D eigenvalue weighted by molar-refractivity contribution is 7.98. The Morgan fingerprint density at radius 2 is 2.08 bits per heavy atom. The number of hydrogen-bond donors (Lipinski definition) is 0. The van der Waals surface area contributed by atoms with Crippen LogP contribution >= 0.6 is 23.1 Å². The lowest BCUT2D eigenvalue weighted by Crippen LogP contribution is -2.31. The fourth-order valence-electron chi connectivity index (χ4n) is 3.17. The molecule has 0 saturated carbocycles. The van der Waals surface area contributed by atoms with Crippen molar-refractivity contribution >= 4 is 33.3 Å². The van der Waals surface area contributed by atoms with E-state index in [0.29, 0.717) is 12.6 Å². The molecule has 1 aliphatic heterocycles. The third-order valence-corrected chi connectivity index (χ3v) is 6.06. The summed E-state index contributed by atoms with van der Waals surface area (Å²) in [5, 5.41) is 6.75. The fourth-order valence-corrected chi connectivity index (χ4v) is 4.93. The second-order valence-corrected chi connectivity index (χ2v) is 8.66. The van der Waals surface area contributed by atoms with Crippen LogP contribution in [-0.2, 0) is 17.8 Å². The van der Waals surface area contributed by atoms with Gasteiger partial charge in [-0.1, -0.05) is 0 Å². The summed E-state index contributed by atoms with van der Waals surface area (Å²) in [5.41, 5.74) is 3.24. The van der Waals surface area contributed by atoms with Gasteiger partial charge in [0.15, 0.2) is 0 Å². The van der Waals surface area contributed by atoms with Crippen LogP contribution in [0, 0.1) is 13.8 Å². The summed E-state index contributed by atoms with van der Waals surface area (Å²) < 4.78 is 7.80. The van der Waals surface area contributed by atoms with E-state index in [2.05, 4.69) is 25.2 Å². The van der Waals surface area contributed by atoms with Crippen LogP contribution in [0.5, 0.6) is 0 Å². The molecule has 0 spiro atoms. The molecule has 126 valence electrons. The second-order valence-electron chi connectivity index (χ2n) is 6.78. The zero-order valence-electron chi connectivity index (χ0n) is 14.5. The first kappa shape index (κ1) is 16.1. The summed E-state index contributed by atoms with van der Waals surface area (Å²) in [5.74, 6) is 0.649. The summed E-state index contributed by atoms with van der Waals surface area (Å²) in [6.07, 6.45) is 2.97. The van der Waals surface area contributed by atoms with Crippen LogP contribution in [0.25, 0.3) is 16.2 Å². The first-order chi connectivity index (χ1) is 11.4. The number of hydrogen-bond acceptors (Lipinski definition) is 6. The molecule has 0 fully saturated rings. The number of ether oxygens (including phenoxy) is 1.